The average Bonchev–Trinajstić information content (AvgIpc) is 3.23. The highest BCUT2D eigenvalue weighted by Gasteiger charge is 2.31. The first kappa shape index (κ1) is 25.4. The number of imidazole rings is 1. The molecule has 2 aromatic carbocycles. The van der Waals surface area contributed by atoms with Gasteiger partial charge in [-0.05, 0) is 48.5 Å². The Hall–Kier alpha value is -4.68. The Morgan fingerprint density at radius 3 is 2.57 bits per heavy atom. The first-order valence-corrected chi connectivity index (χ1v) is 10.7. The zero-order valence-corrected chi connectivity index (χ0v) is 19.4. The van der Waals surface area contributed by atoms with Crippen LogP contribution in [0.4, 0.5) is 23.4 Å². The van der Waals surface area contributed by atoms with Crippen LogP contribution in [0, 0.1) is 5.82 Å². The number of anilines is 1. The maximum Gasteiger partial charge on any atom is 0.573 e. The highest BCUT2D eigenvalue weighted by atomic mass is 19.4. The van der Waals surface area contributed by atoms with Crippen molar-refractivity contribution in [3.63, 3.8) is 0 Å². The molecule has 0 aliphatic carbocycles. The molecule has 13 heteroatoms. The topological polar surface area (TPSA) is 107 Å². The van der Waals surface area contributed by atoms with Gasteiger partial charge in [-0.1, -0.05) is 0 Å². The number of hydrogen-bond donors (Lipinski definition) is 2. The van der Waals surface area contributed by atoms with Gasteiger partial charge in [0, 0.05) is 24.6 Å². The predicted octanol–water partition coefficient (Wildman–Crippen LogP) is 4.33. The first-order valence-electron chi connectivity index (χ1n) is 10.7. The Balaban J connectivity index is 1.57. The number of nitrogens with zero attached hydrogens (tertiary/aromatic N) is 3. The summed E-state index contributed by atoms with van der Waals surface area (Å²) in [6.45, 7) is 0.951. The van der Waals surface area contributed by atoms with E-state index in [4.69, 9.17) is 4.74 Å². The molecule has 0 fully saturated rings. The highest BCUT2D eigenvalue weighted by molar-refractivity contribution is 5.98. The lowest BCUT2D eigenvalue weighted by Crippen LogP contribution is -2.24. The van der Waals surface area contributed by atoms with E-state index >= 15 is 0 Å². The molecule has 0 radical (unpaired) electrons. The normalized spacial score (nSPS) is 11.3. The molecule has 2 amide bonds. The average molecular weight is 517 g/mol. The fourth-order valence-electron chi connectivity index (χ4n) is 3.48. The molecule has 4 rings (SSSR count). The van der Waals surface area contributed by atoms with Crippen molar-refractivity contribution in [2.45, 2.75) is 19.8 Å². The Morgan fingerprint density at radius 2 is 1.86 bits per heavy atom. The molecular weight excluding hydrogens is 498 g/mol. The van der Waals surface area contributed by atoms with E-state index < -0.39 is 30.4 Å². The summed E-state index contributed by atoms with van der Waals surface area (Å²) in [6, 6.07) is 10.6. The number of halogens is 4. The summed E-state index contributed by atoms with van der Waals surface area (Å²) in [7, 11) is 1.36. The largest absolute Gasteiger partial charge is 0.573 e. The summed E-state index contributed by atoms with van der Waals surface area (Å²) in [5, 5.41) is 9.50. The van der Waals surface area contributed by atoms with Gasteiger partial charge in [0.1, 0.15) is 17.3 Å². The molecule has 2 heterocycles. The lowest BCUT2D eigenvalue weighted by molar-refractivity contribution is -0.274. The second-order valence-corrected chi connectivity index (χ2v) is 7.73. The van der Waals surface area contributed by atoms with Crippen LogP contribution in [0.5, 0.6) is 11.5 Å². The maximum atomic E-state index is 14.1. The van der Waals surface area contributed by atoms with E-state index in [1.54, 1.807) is 24.3 Å². The third-order valence-electron chi connectivity index (χ3n) is 5.05. The third-order valence-corrected chi connectivity index (χ3v) is 5.05. The maximum absolute atomic E-state index is 14.1. The summed E-state index contributed by atoms with van der Waals surface area (Å²) < 4.78 is 62.1. The van der Waals surface area contributed by atoms with Crippen LogP contribution in [-0.4, -0.2) is 39.9 Å². The molecule has 0 aliphatic heterocycles. The lowest BCUT2D eigenvalue weighted by Gasteiger charge is -2.13. The first-order chi connectivity index (χ1) is 17.5. The lowest BCUT2D eigenvalue weighted by atomic mass is 10.1. The number of benzene rings is 2. The molecule has 0 spiro atoms. The smallest absolute Gasteiger partial charge is 0.496 e. The Bertz CT molecular complexity index is 1490. The number of carbonyl (C=O) groups excluding carboxylic acids is 2. The zero-order chi connectivity index (χ0) is 26.7. The van der Waals surface area contributed by atoms with Gasteiger partial charge in [0.15, 0.2) is 11.5 Å². The van der Waals surface area contributed by atoms with E-state index in [1.165, 1.54) is 30.8 Å². The predicted molar refractivity (Wildman–Crippen MR) is 124 cm³/mol. The minimum Gasteiger partial charge on any atom is -0.496 e. The molecule has 0 aliphatic rings. The molecule has 0 saturated carbocycles. The Labute approximate surface area is 207 Å². The number of aromatic nitrogens is 3. The molecule has 0 unspecified atom stereocenters. The molecule has 0 saturated heterocycles. The minimum absolute atomic E-state index is 0.0922. The molecular formula is C24H19F4N5O4. The summed E-state index contributed by atoms with van der Waals surface area (Å²) in [6.07, 6.45) is -3.41. The van der Waals surface area contributed by atoms with Gasteiger partial charge in [-0.3, -0.25) is 9.59 Å². The van der Waals surface area contributed by atoms with Gasteiger partial charge in [-0.2, -0.15) is 5.10 Å². The molecule has 2 aromatic heterocycles. The zero-order valence-electron chi connectivity index (χ0n) is 19.4. The minimum atomic E-state index is -4.94. The van der Waals surface area contributed by atoms with Crippen LogP contribution in [0.25, 0.3) is 16.9 Å². The van der Waals surface area contributed by atoms with Crippen molar-refractivity contribution in [1.29, 1.82) is 0 Å². The van der Waals surface area contributed by atoms with Gasteiger partial charge in [-0.15, -0.1) is 13.2 Å². The summed E-state index contributed by atoms with van der Waals surface area (Å²) >= 11 is 0. The molecule has 2 N–H and O–H groups in total. The van der Waals surface area contributed by atoms with Gasteiger partial charge in [0.05, 0.1) is 24.6 Å². The van der Waals surface area contributed by atoms with Gasteiger partial charge in [0.25, 0.3) is 5.91 Å². The fourth-order valence-corrected chi connectivity index (χ4v) is 3.48. The number of nitrogens with one attached hydrogen (secondary N) is 2. The van der Waals surface area contributed by atoms with E-state index in [9.17, 15) is 27.2 Å². The molecule has 0 bridgehead atoms. The molecule has 4 aromatic rings. The van der Waals surface area contributed by atoms with Gasteiger partial charge in [-0.25, -0.2) is 13.9 Å². The third kappa shape index (κ3) is 6.12. The van der Waals surface area contributed by atoms with Crippen LogP contribution in [0.1, 0.15) is 22.8 Å². The monoisotopic (exact) mass is 517 g/mol. The van der Waals surface area contributed by atoms with Gasteiger partial charge >= 0.3 is 6.36 Å². The van der Waals surface area contributed by atoms with Crippen molar-refractivity contribution in [2.75, 3.05) is 12.4 Å². The van der Waals surface area contributed by atoms with Crippen molar-refractivity contribution in [3.8, 4) is 22.8 Å². The number of methoxy groups -OCH3 is 1. The Morgan fingerprint density at radius 1 is 1.08 bits per heavy atom. The van der Waals surface area contributed by atoms with Crippen LogP contribution in [0.3, 0.4) is 0 Å². The number of fused-ring (bicyclic) bond motifs is 1. The second kappa shape index (κ2) is 10.1. The van der Waals surface area contributed by atoms with Crippen LogP contribution in [0.2, 0.25) is 0 Å². The van der Waals surface area contributed by atoms with E-state index in [1.807, 2.05) is 0 Å². The standard InChI is InChI=1S/C24H19F4N5O4/c1-13(34)30-21-12-33-22(31-21)8-6-19(32-33)14-3-7-20(36-2)17(10-14)23(35)29-11-15-9-16(4-5-18(15)25)37-24(26,27)28/h3-10,12H,11H2,1-2H3,(H,29,35)(H,30,34). The van der Waals surface area contributed by atoms with Gasteiger partial charge < -0.3 is 20.1 Å². The van der Waals surface area contributed by atoms with Crippen LogP contribution < -0.4 is 20.1 Å². The molecule has 0 atom stereocenters. The van der Waals surface area contributed by atoms with E-state index in [-0.39, 0.29) is 22.8 Å². The summed E-state index contributed by atoms with van der Waals surface area (Å²) in [5.41, 5.74) is 1.38. The van der Waals surface area contributed by atoms with Crippen LogP contribution in [-0.2, 0) is 11.3 Å². The molecule has 192 valence electrons. The van der Waals surface area contributed by atoms with E-state index in [0.29, 0.717) is 22.7 Å². The van der Waals surface area contributed by atoms with E-state index in [2.05, 4.69) is 25.5 Å². The van der Waals surface area contributed by atoms with Crippen molar-refractivity contribution in [2.24, 2.45) is 0 Å². The summed E-state index contributed by atoms with van der Waals surface area (Å²) in [5.74, 6) is -1.82. The second-order valence-electron chi connectivity index (χ2n) is 7.73. The molecule has 37 heavy (non-hydrogen) atoms. The number of hydrogen-bond acceptors (Lipinski definition) is 6. The van der Waals surface area contributed by atoms with Crippen LogP contribution in [0.15, 0.2) is 54.7 Å². The van der Waals surface area contributed by atoms with Crippen molar-refractivity contribution in [1.82, 2.24) is 19.9 Å². The SMILES string of the molecule is COc1ccc(-c2ccc3nc(NC(C)=O)cn3n2)cc1C(=O)NCc1cc(OC(F)(F)F)ccc1F. The summed E-state index contributed by atoms with van der Waals surface area (Å²) in [4.78, 5) is 28.4. The van der Waals surface area contributed by atoms with E-state index in [0.717, 1.165) is 18.2 Å². The van der Waals surface area contributed by atoms with Crippen molar-refractivity contribution < 1.29 is 36.6 Å². The van der Waals surface area contributed by atoms with Crippen molar-refractivity contribution in [3.05, 3.63) is 71.7 Å². The number of ether oxygens (including phenoxy) is 2. The quantitative estimate of drug-likeness (QED) is 0.354. The fraction of sp³-hybridized carbons (Fsp3) is 0.167. The number of alkyl halides is 3. The van der Waals surface area contributed by atoms with Crippen molar-refractivity contribution >= 4 is 23.3 Å². The van der Waals surface area contributed by atoms with Crippen LogP contribution >= 0.6 is 0 Å². The number of amides is 2. The number of carbonyl (C=O) groups is 2. The number of rotatable bonds is 7. The van der Waals surface area contributed by atoms with Gasteiger partial charge in [0.2, 0.25) is 5.91 Å². The Kier molecular flexibility index (Phi) is 6.96. The highest BCUT2D eigenvalue weighted by Crippen LogP contribution is 2.27. The molecule has 9 nitrogen and oxygen atoms in total.